The first-order valence-corrected chi connectivity index (χ1v) is 6.58. The average Bonchev–Trinajstić information content (AvgIpc) is 2.49. The van der Waals surface area contributed by atoms with Crippen LogP contribution in [0.25, 0.3) is 0 Å². The summed E-state index contributed by atoms with van der Waals surface area (Å²) in [5.74, 6) is 0.262. The van der Waals surface area contributed by atoms with Gasteiger partial charge >= 0.3 is 0 Å². The fourth-order valence-electron chi connectivity index (χ4n) is 2.34. The number of rotatable bonds is 2. The molecule has 1 aromatic rings. The lowest BCUT2D eigenvalue weighted by atomic mass is 10.1. The summed E-state index contributed by atoms with van der Waals surface area (Å²) < 4.78 is 0. The van der Waals surface area contributed by atoms with Crippen molar-refractivity contribution in [3.05, 3.63) is 34.9 Å². The number of benzene rings is 1. The topological polar surface area (TPSA) is 23.6 Å². The van der Waals surface area contributed by atoms with Crippen molar-refractivity contribution in [2.45, 2.75) is 26.8 Å². The average molecular weight is 246 g/mol. The van der Waals surface area contributed by atoms with Gasteiger partial charge in [0.2, 0.25) is 5.91 Å². The highest BCUT2D eigenvalue weighted by Gasteiger charge is 2.18. The molecule has 1 aliphatic heterocycles. The number of carbonyl (C=O) groups is 1. The van der Waals surface area contributed by atoms with E-state index in [0.717, 1.165) is 26.2 Å². The van der Waals surface area contributed by atoms with Gasteiger partial charge in [-0.05, 0) is 25.0 Å². The Morgan fingerprint density at radius 3 is 2.72 bits per heavy atom. The van der Waals surface area contributed by atoms with Gasteiger partial charge in [0, 0.05) is 39.6 Å². The number of carbonyl (C=O) groups excluding carboxylic acids is 1. The first-order valence-electron chi connectivity index (χ1n) is 6.58. The highest BCUT2D eigenvalue weighted by Crippen LogP contribution is 2.14. The van der Waals surface area contributed by atoms with Gasteiger partial charge in [-0.3, -0.25) is 9.69 Å². The maximum atomic E-state index is 11.6. The molecule has 0 saturated carbocycles. The van der Waals surface area contributed by atoms with E-state index < -0.39 is 0 Å². The second kappa shape index (κ2) is 5.53. The van der Waals surface area contributed by atoms with Gasteiger partial charge in [0.05, 0.1) is 0 Å². The van der Waals surface area contributed by atoms with E-state index in [9.17, 15) is 4.79 Å². The zero-order valence-electron chi connectivity index (χ0n) is 11.6. The molecule has 18 heavy (non-hydrogen) atoms. The smallest absolute Gasteiger partial charge is 0.223 e. The van der Waals surface area contributed by atoms with Crippen molar-refractivity contribution in [1.29, 1.82) is 0 Å². The summed E-state index contributed by atoms with van der Waals surface area (Å²) in [5.41, 5.74) is 4.02. The lowest BCUT2D eigenvalue weighted by Crippen LogP contribution is -2.30. The second-order valence-electron chi connectivity index (χ2n) is 5.27. The standard InChI is InChI=1S/C15H22N2O/c1-12-4-5-13(2)14(10-12)11-17-7-6-15(18)16(3)8-9-17/h4-5,10H,6-9,11H2,1-3H3. The third kappa shape index (κ3) is 3.10. The molecule has 3 nitrogen and oxygen atoms in total. The van der Waals surface area contributed by atoms with E-state index in [-0.39, 0.29) is 5.91 Å². The van der Waals surface area contributed by atoms with Crippen molar-refractivity contribution in [3.8, 4) is 0 Å². The van der Waals surface area contributed by atoms with Crippen LogP contribution in [-0.2, 0) is 11.3 Å². The van der Waals surface area contributed by atoms with Crippen molar-refractivity contribution in [1.82, 2.24) is 9.80 Å². The first kappa shape index (κ1) is 13.1. The van der Waals surface area contributed by atoms with Gasteiger partial charge in [0.25, 0.3) is 0 Å². The monoisotopic (exact) mass is 246 g/mol. The van der Waals surface area contributed by atoms with E-state index in [0.29, 0.717) is 6.42 Å². The molecule has 0 unspecified atom stereocenters. The summed E-state index contributed by atoms with van der Waals surface area (Å²) in [7, 11) is 1.89. The Labute approximate surface area is 109 Å². The maximum absolute atomic E-state index is 11.6. The Morgan fingerprint density at radius 1 is 1.17 bits per heavy atom. The van der Waals surface area contributed by atoms with Crippen LogP contribution in [0.15, 0.2) is 18.2 Å². The third-order valence-electron chi connectivity index (χ3n) is 3.72. The van der Waals surface area contributed by atoms with Crippen LogP contribution < -0.4 is 0 Å². The Morgan fingerprint density at radius 2 is 1.94 bits per heavy atom. The van der Waals surface area contributed by atoms with Gasteiger partial charge in [-0.15, -0.1) is 0 Å². The number of hydrogen-bond acceptors (Lipinski definition) is 2. The predicted octanol–water partition coefficient (Wildman–Crippen LogP) is 1.97. The Balaban J connectivity index is 2.05. The Bertz CT molecular complexity index is 442. The fraction of sp³-hybridized carbons (Fsp3) is 0.533. The summed E-state index contributed by atoms with van der Waals surface area (Å²) >= 11 is 0. The lowest BCUT2D eigenvalue weighted by Gasteiger charge is -2.21. The molecule has 0 spiro atoms. The number of likely N-dealkylation sites (N-methyl/N-ethyl adjacent to an activating group) is 1. The Hall–Kier alpha value is -1.35. The molecule has 1 amide bonds. The van der Waals surface area contributed by atoms with E-state index in [4.69, 9.17) is 0 Å². The van der Waals surface area contributed by atoms with Gasteiger partial charge in [-0.25, -0.2) is 0 Å². The molecule has 0 atom stereocenters. The third-order valence-corrected chi connectivity index (χ3v) is 3.72. The van der Waals surface area contributed by atoms with Crippen LogP contribution in [0.2, 0.25) is 0 Å². The molecule has 1 heterocycles. The van der Waals surface area contributed by atoms with E-state index in [1.54, 1.807) is 0 Å². The van der Waals surface area contributed by atoms with E-state index in [2.05, 4.69) is 36.9 Å². The molecule has 1 fully saturated rings. The van der Waals surface area contributed by atoms with Crippen molar-refractivity contribution < 1.29 is 4.79 Å². The minimum atomic E-state index is 0.262. The van der Waals surface area contributed by atoms with E-state index in [1.165, 1.54) is 16.7 Å². The molecule has 98 valence electrons. The minimum Gasteiger partial charge on any atom is -0.344 e. The van der Waals surface area contributed by atoms with Crippen molar-refractivity contribution in [2.24, 2.45) is 0 Å². The zero-order valence-corrected chi connectivity index (χ0v) is 11.6. The molecule has 1 aliphatic rings. The van der Waals surface area contributed by atoms with Gasteiger partial charge < -0.3 is 4.90 Å². The summed E-state index contributed by atoms with van der Waals surface area (Å²) in [6.45, 7) is 7.91. The van der Waals surface area contributed by atoms with Crippen molar-refractivity contribution >= 4 is 5.91 Å². The fourth-order valence-corrected chi connectivity index (χ4v) is 2.34. The molecular formula is C15H22N2O. The molecule has 1 saturated heterocycles. The van der Waals surface area contributed by atoms with Gasteiger partial charge in [-0.1, -0.05) is 23.8 Å². The normalized spacial score (nSPS) is 17.9. The molecule has 0 aliphatic carbocycles. The SMILES string of the molecule is Cc1ccc(C)c(CN2CCC(=O)N(C)CC2)c1. The number of aryl methyl sites for hydroxylation is 2. The van der Waals surface area contributed by atoms with Gasteiger partial charge in [-0.2, -0.15) is 0 Å². The van der Waals surface area contributed by atoms with Crippen molar-refractivity contribution in [3.63, 3.8) is 0 Å². The van der Waals surface area contributed by atoms with Crippen LogP contribution in [0.5, 0.6) is 0 Å². The molecule has 0 radical (unpaired) electrons. The van der Waals surface area contributed by atoms with Crippen LogP contribution >= 0.6 is 0 Å². The zero-order chi connectivity index (χ0) is 13.1. The quantitative estimate of drug-likeness (QED) is 0.796. The summed E-state index contributed by atoms with van der Waals surface area (Å²) in [4.78, 5) is 15.8. The van der Waals surface area contributed by atoms with E-state index >= 15 is 0 Å². The van der Waals surface area contributed by atoms with Gasteiger partial charge in [0.15, 0.2) is 0 Å². The molecule has 2 rings (SSSR count). The number of amides is 1. The number of hydrogen-bond donors (Lipinski definition) is 0. The van der Waals surface area contributed by atoms with Crippen LogP contribution in [-0.4, -0.2) is 42.4 Å². The molecule has 0 N–H and O–H groups in total. The van der Waals surface area contributed by atoms with Crippen LogP contribution in [0, 0.1) is 13.8 Å². The van der Waals surface area contributed by atoms with Crippen molar-refractivity contribution in [2.75, 3.05) is 26.7 Å². The second-order valence-corrected chi connectivity index (χ2v) is 5.27. The molecule has 0 bridgehead atoms. The molecular weight excluding hydrogens is 224 g/mol. The maximum Gasteiger partial charge on any atom is 0.223 e. The molecule has 0 aromatic heterocycles. The predicted molar refractivity (Wildman–Crippen MR) is 73.4 cm³/mol. The highest BCUT2D eigenvalue weighted by molar-refractivity contribution is 5.76. The highest BCUT2D eigenvalue weighted by atomic mass is 16.2. The van der Waals surface area contributed by atoms with Gasteiger partial charge in [0.1, 0.15) is 0 Å². The lowest BCUT2D eigenvalue weighted by molar-refractivity contribution is -0.129. The molecule has 1 aromatic carbocycles. The summed E-state index contributed by atoms with van der Waals surface area (Å²) in [6.07, 6.45) is 0.640. The van der Waals surface area contributed by atoms with E-state index in [1.807, 2.05) is 11.9 Å². The first-order chi connectivity index (χ1) is 8.56. The largest absolute Gasteiger partial charge is 0.344 e. The minimum absolute atomic E-state index is 0.262. The Kier molecular flexibility index (Phi) is 4.02. The van der Waals surface area contributed by atoms with Crippen LogP contribution in [0.1, 0.15) is 23.1 Å². The van der Waals surface area contributed by atoms with Crippen LogP contribution in [0.4, 0.5) is 0 Å². The number of nitrogens with zero attached hydrogens (tertiary/aromatic N) is 2. The molecule has 3 heteroatoms. The van der Waals surface area contributed by atoms with Crippen LogP contribution in [0.3, 0.4) is 0 Å². The summed E-state index contributed by atoms with van der Waals surface area (Å²) in [5, 5.41) is 0. The summed E-state index contributed by atoms with van der Waals surface area (Å²) in [6, 6.07) is 6.59.